The van der Waals surface area contributed by atoms with Gasteiger partial charge in [0.15, 0.2) is 0 Å². The number of aromatic nitrogens is 1. The Morgan fingerprint density at radius 3 is 2.71 bits per heavy atom. The van der Waals surface area contributed by atoms with Crippen molar-refractivity contribution in [2.75, 3.05) is 0 Å². The van der Waals surface area contributed by atoms with Gasteiger partial charge in [0.05, 0.1) is 0 Å². The predicted molar refractivity (Wildman–Crippen MR) is 73.5 cm³/mol. The molecule has 0 spiro atoms. The standard InChI is InChI=1S/C16H14F2N2O/c17-13-3-1-2-11(8-13)10-20(14-4-5-14)16(21)12-6-7-19-15(18)9-12/h1-3,6-9,14H,4-5,10H2. The average Bonchev–Trinajstić information content (AvgIpc) is 3.29. The second-order valence-corrected chi connectivity index (χ2v) is 5.16. The highest BCUT2D eigenvalue weighted by Gasteiger charge is 2.33. The number of pyridine rings is 1. The van der Waals surface area contributed by atoms with Crippen LogP contribution in [0.3, 0.4) is 0 Å². The molecule has 3 rings (SSSR count). The third kappa shape index (κ3) is 3.24. The quantitative estimate of drug-likeness (QED) is 0.810. The van der Waals surface area contributed by atoms with Gasteiger partial charge < -0.3 is 4.90 Å². The molecule has 1 aliphatic rings. The zero-order valence-corrected chi connectivity index (χ0v) is 11.3. The molecule has 1 fully saturated rings. The van der Waals surface area contributed by atoms with Crippen molar-refractivity contribution < 1.29 is 13.6 Å². The number of nitrogens with zero attached hydrogens (tertiary/aromatic N) is 2. The van der Waals surface area contributed by atoms with Gasteiger partial charge in [-0.15, -0.1) is 0 Å². The highest BCUT2D eigenvalue weighted by Crippen LogP contribution is 2.30. The summed E-state index contributed by atoms with van der Waals surface area (Å²) in [4.78, 5) is 17.6. The normalized spacial score (nSPS) is 14.0. The van der Waals surface area contributed by atoms with Gasteiger partial charge in [-0.2, -0.15) is 4.39 Å². The SMILES string of the molecule is O=C(c1ccnc(F)c1)N(Cc1cccc(F)c1)C1CC1. The molecule has 108 valence electrons. The average molecular weight is 288 g/mol. The first kappa shape index (κ1) is 13.7. The summed E-state index contributed by atoms with van der Waals surface area (Å²) in [6.07, 6.45) is 3.12. The molecule has 1 saturated carbocycles. The molecule has 21 heavy (non-hydrogen) atoms. The number of carbonyl (C=O) groups excluding carboxylic acids is 1. The van der Waals surface area contributed by atoms with Gasteiger partial charge in [0.25, 0.3) is 5.91 Å². The van der Waals surface area contributed by atoms with Gasteiger partial charge in [-0.3, -0.25) is 4.79 Å². The molecule has 3 nitrogen and oxygen atoms in total. The van der Waals surface area contributed by atoms with Crippen molar-refractivity contribution in [2.24, 2.45) is 0 Å². The smallest absolute Gasteiger partial charge is 0.254 e. The summed E-state index contributed by atoms with van der Waals surface area (Å²) in [5.41, 5.74) is 0.996. The lowest BCUT2D eigenvalue weighted by Gasteiger charge is -2.22. The van der Waals surface area contributed by atoms with Gasteiger partial charge in [0.1, 0.15) is 5.82 Å². The number of hydrogen-bond acceptors (Lipinski definition) is 2. The van der Waals surface area contributed by atoms with E-state index in [-0.39, 0.29) is 23.3 Å². The van der Waals surface area contributed by atoms with E-state index >= 15 is 0 Å². The van der Waals surface area contributed by atoms with Gasteiger partial charge in [0, 0.05) is 30.4 Å². The maximum Gasteiger partial charge on any atom is 0.254 e. The molecule has 0 N–H and O–H groups in total. The summed E-state index contributed by atoms with van der Waals surface area (Å²) in [6, 6.07) is 8.94. The third-order valence-electron chi connectivity index (χ3n) is 3.46. The van der Waals surface area contributed by atoms with Crippen LogP contribution < -0.4 is 0 Å². The van der Waals surface area contributed by atoms with Gasteiger partial charge in [-0.25, -0.2) is 9.37 Å². The van der Waals surface area contributed by atoms with Crippen LogP contribution in [0, 0.1) is 11.8 Å². The lowest BCUT2D eigenvalue weighted by atomic mass is 10.1. The van der Waals surface area contributed by atoms with E-state index in [2.05, 4.69) is 4.98 Å². The van der Waals surface area contributed by atoms with Crippen molar-refractivity contribution in [3.63, 3.8) is 0 Å². The molecule has 1 amide bonds. The Labute approximate surface area is 121 Å². The van der Waals surface area contributed by atoms with Crippen LogP contribution in [0.4, 0.5) is 8.78 Å². The number of carbonyl (C=O) groups is 1. The van der Waals surface area contributed by atoms with E-state index in [4.69, 9.17) is 0 Å². The Bertz CT molecular complexity index is 671. The van der Waals surface area contributed by atoms with Gasteiger partial charge in [0.2, 0.25) is 5.95 Å². The monoisotopic (exact) mass is 288 g/mol. The molecule has 1 aliphatic carbocycles. The van der Waals surface area contributed by atoms with Crippen LogP contribution in [0.1, 0.15) is 28.8 Å². The van der Waals surface area contributed by atoms with Crippen LogP contribution in [0.15, 0.2) is 42.6 Å². The molecule has 1 aromatic carbocycles. The number of benzene rings is 1. The van der Waals surface area contributed by atoms with Gasteiger partial charge in [-0.1, -0.05) is 12.1 Å². The zero-order chi connectivity index (χ0) is 14.8. The van der Waals surface area contributed by atoms with Crippen molar-refractivity contribution in [1.29, 1.82) is 0 Å². The number of amides is 1. The minimum Gasteiger partial charge on any atom is -0.331 e. The van der Waals surface area contributed by atoms with Crippen LogP contribution in [0.5, 0.6) is 0 Å². The first-order chi connectivity index (χ1) is 10.1. The summed E-state index contributed by atoms with van der Waals surface area (Å²) in [6.45, 7) is 0.325. The molecule has 0 bridgehead atoms. The van der Waals surface area contributed by atoms with Crippen molar-refractivity contribution in [3.8, 4) is 0 Å². The topological polar surface area (TPSA) is 33.2 Å². The molecule has 0 radical (unpaired) electrons. The molecule has 1 heterocycles. The van der Waals surface area contributed by atoms with E-state index in [9.17, 15) is 13.6 Å². The first-order valence-corrected chi connectivity index (χ1v) is 6.80. The van der Waals surface area contributed by atoms with E-state index in [0.717, 1.165) is 24.5 Å². The lowest BCUT2D eigenvalue weighted by molar-refractivity contribution is 0.0729. The van der Waals surface area contributed by atoms with E-state index in [1.165, 1.54) is 24.4 Å². The second-order valence-electron chi connectivity index (χ2n) is 5.16. The van der Waals surface area contributed by atoms with Crippen LogP contribution in [0.2, 0.25) is 0 Å². The fraction of sp³-hybridized carbons (Fsp3) is 0.250. The third-order valence-corrected chi connectivity index (χ3v) is 3.46. The number of halogens is 2. The molecular formula is C16H14F2N2O. The van der Waals surface area contributed by atoms with Crippen molar-refractivity contribution >= 4 is 5.91 Å². The largest absolute Gasteiger partial charge is 0.331 e. The summed E-state index contributed by atoms with van der Waals surface area (Å²) in [7, 11) is 0. The fourth-order valence-electron chi connectivity index (χ4n) is 2.29. The Balaban J connectivity index is 1.83. The maximum atomic E-state index is 13.2. The van der Waals surface area contributed by atoms with Crippen molar-refractivity contribution in [3.05, 3.63) is 65.5 Å². The minimum absolute atomic E-state index is 0.150. The highest BCUT2D eigenvalue weighted by molar-refractivity contribution is 5.94. The van der Waals surface area contributed by atoms with E-state index < -0.39 is 5.95 Å². The Morgan fingerprint density at radius 2 is 2.05 bits per heavy atom. The lowest BCUT2D eigenvalue weighted by Crippen LogP contribution is -2.32. The second kappa shape index (κ2) is 5.60. The van der Waals surface area contributed by atoms with E-state index in [1.54, 1.807) is 17.0 Å². The van der Waals surface area contributed by atoms with E-state index in [1.807, 2.05) is 0 Å². The molecule has 0 atom stereocenters. The Hall–Kier alpha value is -2.30. The first-order valence-electron chi connectivity index (χ1n) is 6.80. The number of hydrogen-bond donors (Lipinski definition) is 0. The van der Waals surface area contributed by atoms with Crippen LogP contribution in [-0.2, 0) is 6.54 Å². The van der Waals surface area contributed by atoms with Crippen LogP contribution >= 0.6 is 0 Å². The highest BCUT2D eigenvalue weighted by atomic mass is 19.1. The minimum atomic E-state index is -0.678. The summed E-state index contributed by atoms with van der Waals surface area (Å²) < 4.78 is 26.4. The summed E-state index contributed by atoms with van der Waals surface area (Å²) in [5, 5.41) is 0. The molecular weight excluding hydrogens is 274 g/mol. The molecule has 0 unspecified atom stereocenters. The molecule has 5 heteroatoms. The molecule has 0 aliphatic heterocycles. The van der Waals surface area contributed by atoms with Crippen LogP contribution in [0.25, 0.3) is 0 Å². The predicted octanol–water partition coefficient (Wildman–Crippen LogP) is 3.16. The maximum absolute atomic E-state index is 13.2. The summed E-state index contributed by atoms with van der Waals surface area (Å²) >= 11 is 0. The summed E-state index contributed by atoms with van der Waals surface area (Å²) in [5.74, 6) is -1.25. The Kier molecular flexibility index (Phi) is 3.64. The van der Waals surface area contributed by atoms with Crippen molar-refractivity contribution in [1.82, 2.24) is 9.88 Å². The fourth-order valence-corrected chi connectivity index (χ4v) is 2.29. The number of rotatable bonds is 4. The van der Waals surface area contributed by atoms with Gasteiger partial charge >= 0.3 is 0 Å². The zero-order valence-electron chi connectivity index (χ0n) is 11.3. The molecule has 1 aromatic heterocycles. The van der Waals surface area contributed by atoms with E-state index in [0.29, 0.717) is 6.54 Å². The molecule has 2 aromatic rings. The molecule has 0 saturated heterocycles. The van der Waals surface area contributed by atoms with Gasteiger partial charge in [-0.05, 0) is 36.6 Å². The Morgan fingerprint density at radius 1 is 1.24 bits per heavy atom. The van der Waals surface area contributed by atoms with Crippen LogP contribution in [-0.4, -0.2) is 21.8 Å². The van der Waals surface area contributed by atoms with Crippen molar-refractivity contribution in [2.45, 2.75) is 25.4 Å².